The standard InChI is InChI=1S/C22H33ClN2O5/c1-14(2)6-11-19(26)21(29-5)25(20(27)18(24)12-15(3)4)22(28)30-13-16-7-9-17(23)10-8-16/h7-10,14-15,18,21H,6,11-13,24H2,1-5H3/t18-,21?/m0/s1. The van der Waals surface area contributed by atoms with Crippen molar-refractivity contribution in [2.75, 3.05) is 7.11 Å². The Hall–Kier alpha value is -1.96. The van der Waals surface area contributed by atoms with Crippen molar-refractivity contribution in [3.63, 3.8) is 0 Å². The lowest BCUT2D eigenvalue weighted by Crippen LogP contribution is -2.55. The van der Waals surface area contributed by atoms with Gasteiger partial charge in [-0.25, -0.2) is 9.69 Å². The summed E-state index contributed by atoms with van der Waals surface area (Å²) in [4.78, 5) is 39.2. The lowest BCUT2D eigenvalue weighted by molar-refractivity contribution is -0.153. The van der Waals surface area contributed by atoms with Crippen LogP contribution in [0, 0.1) is 11.8 Å². The maximum atomic E-state index is 13.0. The first-order chi connectivity index (χ1) is 14.1. The molecular weight excluding hydrogens is 408 g/mol. The first kappa shape index (κ1) is 26.1. The topological polar surface area (TPSA) is 98.9 Å². The number of ketones is 1. The van der Waals surface area contributed by atoms with Gasteiger partial charge >= 0.3 is 6.09 Å². The number of rotatable bonds is 11. The fraction of sp³-hybridized carbons (Fsp3) is 0.591. The van der Waals surface area contributed by atoms with Crippen LogP contribution in [0.1, 0.15) is 52.5 Å². The molecule has 1 rings (SSSR count). The molecule has 168 valence electrons. The molecule has 7 nitrogen and oxygen atoms in total. The summed E-state index contributed by atoms with van der Waals surface area (Å²) < 4.78 is 10.6. The quantitative estimate of drug-likeness (QED) is 0.519. The number of methoxy groups -OCH3 is 1. The molecule has 0 spiro atoms. The molecule has 0 aromatic heterocycles. The highest BCUT2D eigenvalue weighted by Gasteiger charge is 2.38. The zero-order chi connectivity index (χ0) is 22.8. The molecule has 0 fully saturated rings. The van der Waals surface area contributed by atoms with Crippen LogP contribution in [0.4, 0.5) is 4.79 Å². The molecule has 0 aliphatic heterocycles. The number of carbonyl (C=O) groups excluding carboxylic acids is 3. The number of imide groups is 1. The maximum Gasteiger partial charge on any atom is 0.419 e. The van der Waals surface area contributed by atoms with E-state index in [-0.39, 0.29) is 30.6 Å². The first-order valence-electron chi connectivity index (χ1n) is 10.1. The first-order valence-corrected chi connectivity index (χ1v) is 10.5. The van der Waals surface area contributed by atoms with Gasteiger partial charge in [0.1, 0.15) is 6.61 Å². The zero-order valence-electron chi connectivity index (χ0n) is 18.4. The minimum Gasteiger partial charge on any atom is -0.444 e. The number of nitrogens with zero attached hydrogens (tertiary/aromatic N) is 1. The lowest BCUT2D eigenvalue weighted by Gasteiger charge is -2.29. The van der Waals surface area contributed by atoms with E-state index in [0.717, 1.165) is 0 Å². The van der Waals surface area contributed by atoms with Crippen LogP contribution in [-0.2, 0) is 25.7 Å². The molecule has 1 unspecified atom stereocenters. The number of carbonyl (C=O) groups is 3. The van der Waals surface area contributed by atoms with Crippen LogP contribution in [0.25, 0.3) is 0 Å². The Bertz CT molecular complexity index is 706. The highest BCUT2D eigenvalue weighted by Crippen LogP contribution is 2.17. The average molecular weight is 441 g/mol. The van der Waals surface area contributed by atoms with Gasteiger partial charge < -0.3 is 15.2 Å². The number of hydrogen-bond donors (Lipinski definition) is 1. The Balaban J connectivity index is 3.04. The molecule has 0 radical (unpaired) electrons. The van der Waals surface area contributed by atoms with Gasteiger partial charge in [0, 0.05) is 18.6 Å². The monoisotopic (exact) mass is 440 g/mol. The van der Waals surface area contributed by atoms with Crippen LogP contribution >= 0.6 is 11.6 Å². The van der Waals surface area contributed by atoms with Crippen LogP contribution < -0.4 is 5.73 Å². The average Bonchev–Trinajstić information content (AvgIpc) is 2.68. The number of hydrogen-bond acceptors (Lipinski definition) is 6. The summed E-state index contributed by atoms with van der Waals surface area (Å²) in [5.74, 6) is -0.654. The fourth-order valence-corrected chi connectivity index (χ4v) is 2.95. The summed E-state index contributed by atoms with van der Waals surface area (Å²) in [5.41, 5.74) is 6.70. The minimum absolute atomic E-state index is 0.0875. The molecule has 0 aliphatic carbocycles. The molecule has 1 aromatic rings. The highest BCUT2D eigenvalue weighted by atomic mass is 35.5. The smallest absolute Gasteiger partial charge is 0.419 e. The van der Waals surface area contributed by atoms with Gasteiger partial charge in [-0.3, -0.25) is 9.59 Å². The van der Waals surface area contributed by atoms with Gasteiger partial charge in [-0.15, -0.1) is 0 Å². The van der Waals surface area contributed by atoms with Gasteiger partial charge in [0.2, 0.25) is 6.23 Å². The van der Waals surface area contributed by atoms with E-state index in [4.69, 9.17) is 26.8 Å². The molecule has 1 aromatic carbocycles. The van der Waals surface area contributed by atoms with Gasteiger partial charge in [0.15, 0.2) is 5.78 Å². The van der Waals surface area contributed by atoms with Gasteiger partial charge in [-0.05, 0) is 42.4 Å². The molecule has 0 saturated heterocycles. The number of nitrogens with two attached hydrogens (primary N) is 1. The minimum atomic E-state index is -1.38. The Morgan fingerprint density at radius 1 is 1.07 bits per heavy atom. The predicted molar refractivity (Wildman–Crippen MR) is 116 cm³/mol. The molecule has 30 heavy (non-hydrogen) atoms. The second kappa shape index (κ2) is 12.7. The van der Waals surface area contributed by atoms with Crippen LogP contribution in [-0.4, -0.2) is 42.1 Å². The van der Waals surface area contributed by atoms with Crippen molar-refractivity contribution in [1.82, 2.24) is 4.90 Å². The number of Topliss-reactive ketones (excluding diaryl/α,β-unsaturated/α-hetero) is 1. The van der Waals surface area contributed by atoms with Crippen LogP contribution in [0.3, 0.4) is 0 Å². The van der Waals surface area contributed by atoms with E-state index in [1.165, 1.54) is 7.11 Å². The van der Waals surface area contributed by atoms with Crippen molar-refractivity contribution in [2.45, 2.75) is 65.8 Å². The van der Waals surface area contributed by atoms with E-state index in [2.05, 4.69) is 0 Å². The summed E-state index contributed by atoms with van der Waals surface area (Å²) in [6, 6.07) is 5.78. The van der Waals surface area contributed by atoms with E-state index in [1.54, 1.807) is 24.3 Å². The van der Waals surface area contributed by atoms with E-state index >= 15 is 0 Å². The molecule has 0 bridgehead atoms. The number of ether oxygens (including phenoxy) is 2. The van der Waals surface area contributed by atoms with Gasteiger partial charge in [-0.1, -0.05) is 51.4 Å². The second-order valence-electron chi connectivity index (χ2n) is 8.11. The van der Waals surface area contributed by atoms with Crippen LogP contribution in [0.15, 0.2) is 24.3 Å². The van der Waals surface area contributed by atoms with Gasteiger partial charge in [0.05, 0.1) is 6.04 Å². The van der Waals surface area contributed by atoms with Crippen LogP contribution in [0.5, 0.6) is 0 Å². The van der Waals surface area contributed by atoms with Crippen molar-refractivity contribution in [3.05, 3.63) is 34.9 Å². The van der Waals surface area contributed by atoms with E-state index in [0.29, 0.717) is 28.3 Å². The summed E-state index contributed by atoms with van der Waals surface area (Å²) >= 11 is 5.86. The molecule has 2 atom stereocenters. The number of benzene rings is 1. The van der Waals surface area contributed by atoms with E-state index < -0.39 is 24.3 Å². The van der Waals surface area contributed by atoms with Crippen molar-refractivity contribution < 1.29 is 23.9 Å². The SMILES string of the molecule is COC(C(=O)CCC(C)C)N(C(=O)OCc1ccc(Cl)cc1)C(=O)[C@@H](N)CC(C)C. The number of amides is 2. The van der Waals surface area contributed by atoms with Crippen molar-refractivity contribution in [1.29, 1.82) is 0 Å². The van der Waals surface area contributed by atoms with E-state index in [9.17, 15) is 14.4 Å². The Kier molecular flexibility index (Phi) is 11.0. The largest absolute Gasteiger partial charge is 0.444 e. The predicted octanol–water partition coefficient (Wildman–Crippen LogP) is 4.16. The third-order valence-electron chi connectivity index (χ3n) is 4.45. The molecule has 0 aliphatic rings. The van der Waals surface area contributed by atoms with Crippen molar-refractivity contribution in [2.24, 2.45) is 17.6 Å². The molecule has 2 N–H and O–H groups in total. The van der Waals surface area contributed by atoms with Crippen molar-refractivity contribution in [3.8, 4) is 0 Å². The summed E-state index contributed by atoms with van der Waals surface area (Å²) in [5, 5.41) is 0.553. The summed E-state index contributed by atoms with van der Waals surface area (Å²) in [6.45, 7) is 7.71. The third kappa shape index (κ3) is 8.42. The molecular formula is C22H33ClN2O5. The summed E-state index contributed by atoms with van der Waals surface area (Å²) in [7, 11) is 1.28. The Labute approximate surface area is 183 Å². The fourth-order valence-electron chi connectivity index (χ4n) is 2.82. The molecule has 0 heterocycles. The Morgan fingerprint density at radius 2 is 1.67 bits per heavy atom. The molecule has 2 amide bonds. The second-order valence-corrected chi connectivity index (χ2v) is 8.55. The van der Waals surface area contributed by atoms with Crippen LogP contribution in [0.2, 0.25) is 5.02 Å². The maximum absolute atomic E-state index is 13.0. The summed E-state index contributed by atoms with van der Waals surface area (Å²) in [6.07, 6.45) is -1.22. The van der Waals surface area contributed by atoms with Crippen molar-refractivity contribution >= 4 is 29.4 Å². The third-order valence-corrected chi connectivity index (χ3v) is 4.71. The molecule has 0 saturated carbocycles. The van der Waals surface area contributed by atoms with Gasteiger partial charge in [-0.2, -0.15) is 0 Å². The number of halogens is 1. The lowest BCUT2D eigenvalue weighted by atomic mass is 10.0. The van der Waals surface area contributed by atoms with E-state index in [1.807, 2.05) is 27.7 Å². The zero-order valence-corrected chi connectivity index (χ0v) is 19.1. The normalized spacial score (nSPS) is 13.2. The molecule has 8 heteroatoms. The Morgan fingerprint density at radius 3 is 2.17 bits per heavy atom. The van der Waals surface area contributed by atoms with Gasteiger partial charge in [0.25, 0.3) is 5.91 Å². The highest BCUT2D eigenvalue weighted by molar-refractivity contribution is 6.30.